The number of alkyl halides is 3. The lowest BCUT2D eigenvalue weighted by molar-refractivity contribution is -0.274. The van der Waals surface area contributed by atoms with Crippen molar-refractivity contribution in [3.05, 3.63) is 106 Å². The van der Waals surface area contributed by atoms with Crippen LogP contribution in [0.2, 0.25) is 0 Å². The second kappa shape index (κ2) is 13.9. The molecule has 0 saturated carbocycles. The molecule has 0 bridgehead atoms. The summed E-state index contributed by atoms with van der Waals surface area (Å²) in [5.74, 6) is 0.680. The van der Waals surface area contributed by atoms with Crippen molar-refractivity contribution in [1.82, 2.24) is 19.3 Å². The van der Waals surface area contributed by atoms with Gasteiger partial charge in [-0.1, -0.05) is 57.2 Å². The molecule has 0 fully saturated rings. The van der Waals surface area contributed by atoms with Gasteiger partial charge in [0.1, 0.15) is 12.1 Å². The van der Waals surface area contributed by atoms with Crippen molar-refractivity contribution in [2.75, 3.05) is 0 Å². The van der Waals surface area contributed by atoms with E-state index in [2.05, 4.69) is 64.2 Å². The average Bonchev–Trinajstić information content (AvgIpc) is 3.63. The van der Waals surface area contributed by atoms with E-state index >= 15 is 0 Å². The van der Waals surface area contributed by atoms with Crippen LogP contribution < -0.4 is 9.54 Å². The van der Waals surface area contributed by atoms with Gasteiger partial charge in [0, 0.05) is 23.1 Å². The second-order valence-corrected chi connectivity index (χ2v) is 12.6. The van der Waals surface area contributed by atoms with Gasteiger partial charge in [-0.3, -0.25) is 9.36 Å². The molecule has 3 aromatic carbocycles. The van der Waals surface area contributed by atoms with Gasteiger partial charge in [0.05, 0.1) is 11.4 Å². The average molecular weight is 648 g/mol. The van der Waals surface area contributed by atoms with Crippen molar-refractivity contribution >= 4 is 17.2 Å². The van der Waals surface area contributed by atoms with Gasteiger partial charge in [-0.2, -0.15) is 4.99 Å². The maximum atomic E-state index is 13.0. The minimum absolute atomic E-state index is 0.124. The first-order valence-corrected chi connectivity index (χ1v) is 16.0. The van der Waals surface area contributed by atoms with Crippen LogP contribution in [0.15, 0.2) is 83.4 Å². The largest absolute Gasteiger partial charge is 0.573 e. The Hall–Kier alpha value is -4.51. The van der Waals surface area contributed by atoms with Crippen molar-refractivity contribution in [3.8, 4) is 28.5 Å². The van der Waals surface area contributed by atoms with Crippen LogP contribution in [0.25, 0.3) is 22.8 Å². The fraction of sp³-hybridized carbons (Fsp3) is 0.314. The van der Waals surface area contributed by atoms with E-state index in [4.69, 9.17) is 0 Å². The molecule has 0 N–H and O–H groups in total. The van der Waals surface area contributed by atoms with Crippen molar-refractivity contribution in [2.45, 2.75) is 66.2 Å². The zero-order valence-corrected chi connectivity index (χ0v) is 27.2. The molecule has 0 radical (unpaired) electrons. The lowest BCUT2D eigenvalue weighted by atomic mass is 9.96. The number of thiazole rings is 1. The highest BCUT2D eigenvalue weighted by molar-refractivity contribution is 7.07. The molecule has 0 saturated heterocycles. The Kier molecular flexibility index (Phi) is 9.91. The molecule has 5 rings (SSSR count). The van der Waals surface area contributed by atoms with Gasteiger partial charge in [0.2, 0.25) is 5.91 Å². The van der Waals surface area contributed by atoms with Crippen molar-refractivity contribution in [2.24, 2.45) is 10.9 Å². The quantitative estimate of drug-likeness (QED) is 0.152. The van der Waals surface area contributed by atoms with E-state index in [-0.39, 0.29) is 17.6 Å². The number of halogens is 3. The molecule has 46 heavy (non-hydrogen) atoms. The summed E-state index contributed by atoms with van der Waals surface area (Å²) in [5.41, 5.74) is 7.11. The summed E-state index contributed by atoms with van der Waals surface area (Å²) >= 11 is 1.49. The molecule has 1 atom stereocenters. The van der Waals surface area contributed by atoms with E-state index in [0.717, 1.165) is 35.3 Å². The molecule has 0 spiro atoms. The van der Waals surface area contributed by atoms with Crippen molar-refractivity contribution < 1.29 is 22.7 Å². The van der Waals surface area contributed by atoms with Crippen LogP contribution in [-0.2, 0) is 11.2 Å². The van der Waals surface area contributed by atoms with Crippen LogP contribution in [0.1, 0.15) is 61.9 Å². The van der Waals surface area contributed by atoms with Crippen molar-refractivity contribution in [3.63, 3.8) is 0 Å². The lowest BCUT2D eigenvalue weighted by Gasteiger charge is -2.17. The minimum atomic E-state index is -4.74. The first kappa shape index (κ1) is 32.9. The van der Waals surface area contributed by atoms with E-state index in [1.54, 1.807) is 0 Å². The summed E-state index contributed by atoms with van der Waals surface area (Å²) in [6, 6.07) is 19.6. The highest BCUT2D eigenvalue weighted by Gasteiger charge is 2.31. The number of hydrogen-bond acceptors (Lipinski definition) is 5. The zero-order chi connectivity index (χ0) is 33.0. The number of ether oxygens (including phenoxy) is 1. The normalized spacial score (nSPS) is 12.9. The smallest absolute Gasteiger partial charge is 0.406 e. The molecule has 5 aromatic rings. The van der Waals surface area contributed by atoms with Crippen LogP contribution in [0.3, 0.4) is 0 Å². The van der Waals surface area contributed by atoms with E-state index in [1.807, 2.05) is 42.6 Å². The van der Waals surface area contributed by atoms with Crippen LogP contribution in [0, 0.1) is 19.8 Å². The molecule has 0 aliphatic rings. The number of aromatic nitrogens is 4. The summed E-state index contributed by atoms with van der Waals surface area (Å²) in [6.07, 6.45) is -1.34. The maximum absolute atomic E-state index is 13.0. The Morgan fingerprint density at radius 2 is 1.72 bits per heavy atom. The number of amides is 1. The van der Waals surface area contributed by atoms with Gasteiger partial charge in [-0.15, -0.1) is 29.6 Å². The second-order valence-electron chi connectivity index (χ2n) is 11.8. The van der Waals surface area contributed by atoms with Gasteiger partial charge in [0.15, 0.2) is 10.6 Å². The van der Waals surface area contributed by atoms with Gasteiger partial charge < -0.3 is 4.74 Å². The molecule has 7 nitrogen and oxygen atoms in total. The van der Waals surface area contributed by atoms with Crippen molar-refractivity contribution in [1.29, 1.82) is 0 Å². The summed E-state index contributed by atoms with van der Waals surface area (Å²) in [6.45, 7) is 10.7. The molecule has 2 heterocycles. The topological polar surface area (TPSA) is 74.3 Å². The molecule has 1 amide bonds. The third kappa shape index (κ3) is 8.00. The number of aryl methyl sites for hydroxylation is 2. The SMILES string of the molecule is Cc1cccc(-n2c(C)csc2=NC(=O)CCC(C)Cc2ccc(-c3ncn(-c4ccc(OC(F)(F)F)cc4)n3)cc2)c1C(C)C. The number of carbonyl (C=O) groups is 1. The molecule has 2 aromatic heterocycles. The number of rotatable bonds is 10. The fourth-order valence-electron chi connectivity index (χ4n) is 5.52. The molecule has 240 valence electrons. The van der Waals surface area contributed by atoms with Gasteiger partial charge >= 0.3 is 6.36 Å². The molecule has 0 aliphatic heterocycles. The molecular weight excluding hydrogens is 611 g/mol. The third-order valence-corrected chi connectivity index (χ3v) is 8.64. The standard InChI is InChI=1S/C35H36F3N5O2S/c1-22(2)32-24(4)7-6-8-30(32)43-25(5)20-46-34(43)40-31(44)18-9-23(3)19-26-10-12-27(13-11-26)33-39-21-42(41-33)28-14-16-29(17-15-28)45-35(36,37)38/h6-8,10-17,20-23H,9,18-19H2,1-5H3. The Bertz CT molecular complexity index is 1870. The highest BCUT2D eigenvalue weighted by atomic mass is 32.1. The van der Waals surface area contributed by atoms with Crippen LogP contribution in [0.4, 0.5) is 13.2 Å². The summed E-state index contributed by atoms with van der Waals surface area (Å²) in [7, 11) is 0. The summed E-state index contributed by atoms with van der Waals surface area (Å²) < 4.78 is 44.8. The maximum Gasteiger partial charge on any atom is 0.573 e. The predicted octanol–water partition coefficient (Wildman–Crippen LogP) is 8.51. The minimum Gasteiger partial charge on any atom is -0.406 e. The monoisotopic (exact) mass is 647 g/mol. The lowest BCUT2D eigenvalue weighted by Crippen LogP contribution is -2.19. The van der Waals surface area contributed by atoms with Gasteiger partial charge in [-0.25, -0.2) is 9.67 Å². The molecule has 11 heteroatoms. The van der Waals surface area contributed by atoms with Gasteiger partial charge in [-0.05, 0) is 85.5 Å². The first-order valence-electron chi connectivity index (χ1n) is 15.1. The Morgan fingerprint density at radius 3 is 2.39 bits per heavy atom. The Labute approximate surface area is 270 Å². The Morgan fingerprint density at radius 1 is 1.00 bits per heavy atom. The van der Waals surface area contributed by atoms with E-state index in [0.29, 0.717) is 28.7 Å². The number of benzene rings is 3. The molecule has 1 unspecified atom stereocenters. The third-order valence-electron chi connectivity index (χ3n) is 7.69. The molecule has 0 aliphatic carbocycles. The number of nitrogens with zero attached hydrogens (tertiary/aromatic N) is 5. The zero-order valence-electron chi connectivity index (χ0n) is 26.4. The fourth-order valence-corrected chi connectivity index (χ4v) is 6.41. The molecular formula is C35H36F3N5O2S. The predicted molar refractivity (Wildman–Crippen MR) is 173 cm³/mol. The van der Waals surface area contributed by atoms with E-state index in [9.17, 15) is 18.0 Å². The highest BCUT2D eigenvalue weighted by Crippen LogP contribution is 2.28. The van der Waals surface area contributed by atoms with E-state index in [1.165, 1.54) is 57.7 Å². The van der Waals surface area contributed by atoms with Crippen LogP contribution in [0.5, 0.6) is 5.75 Å². The number of carbonyl (C=O) groups excluding carboxylic acids is 1. The van der Waals surface area contributed by atoms with E-state index < -0.39 is 6.36 Å². The van der Waals surface area contributed by atoms with Gasteiger partial charge in [0.25, 0.3) is 0 Å². The summed E-state index contributed by atoms with van der Waals surface area (Å²) in [4.78, 5) is 22.6. The number of hydrogen-bond donors (Lipinski definition) is 0. The Balaban J connectivity index is 1.19. The summed E-state index contributed by atoms with van der Waals surface area (Å²) in [5, 5.41) is 6.51. The van der Waals surface area contributed by atoms with Crippen LogP contribution >= 0.6 is 11.3 Å². The first-order chi connectivity index (χ1) is 21.9. The van der Waals surface area contributed by atoms with Crippen LogP contribution in [-0.4, -0.2) is 31.6 Å².